The van der Waals surface area contributed by atoms with E-state index in [9.17, 15) is 4.79 Å². The maximum atomic E-state index is 12.3. The quantitative estimate of drug-likeness (QED) is 0.835. The summed E-state index contributed by atoms with van der Waals surface area (Å²) in [7, 11) is 0. The van der Waals surface area contributed by atoms with Gasteiger partial charge >= 0.3 is 0 Å². The number of anilines is 1. The first kappa shape index (κ1) is 14.4. The molecule has 0 amide bonds. The normalized spacial score (nSPS) is 25.6. The standard InChI is InChI=1S/C15H22N2OS2/c1-4-10-9-17(5-6-19-10)14-16-11-7-15(2,3)8-12(18)13(11)20-14/h10H,4-9H2,1-3H3. The number of aromatic nitrogens is 1. The van der Waals surface area contributed by atoms with Gasteiger partial charge in [0.1, 0.15) is 0 Å². The highest BCUT2D eigenvalue weighted by Crippen LogP contribution is 2.40. The molecule has 1 atom stereocenters. The Morgan fingerprint density at radius 3 is 2.95 bits per heavy atom. The van der Waals surface area contributed by atoms with Crippen LogP contribution in [-0.2, 0) is 6.42 Å². The number of ketones is 1. The summed E-state index contributed by atoms with van der Waals surface area (Å²) < 4.78 is 0. The van der Waals surface area contributed by atoms with Crippen molar-refractivity contribution in [3.8, 4) is 0 Å². The van der Waals surface area contributed by atoms with Crippen molar-refractivity contribution in [3.63, 3.8) is 0 Å². The maximum absolute atomic E-state index is 12.3. The van der Waals surface area contributed by atoms with Gasteiger partial charge in [-0.2, -0.15) is 11.8 Å². The van der Waals surface area contributed by atoms with Crippen molar-refractivity contribution in [3.05, 3.63) is 10.6 Å². The molecule has 3 rings (SSSR count). The second-order valence-electron chi connectivity index (χ2n) is 6.56. The zero-order chi connectivity index (χ0) is 14.3. The van der Waals surface area contributed by atoms with Gasteiger partial charge in [0, 0.05) is 30.5 Å². The first-order valence-electron chi connectivity index (χ1n) is 7.38. The van der Waals surface area contributed by atoms with Crippen LogP contribution < -0.4 is 4.90 Å². The minimum atomic E-state index is 0.0686. The molecule has 1 fully saturated rings. The maximum Gasteiger partial charge on any atom is 0.186 e. The number of hydrogen-bond donors (Lipinski definition) is 0. The fraction of sp³-hybridized carbons (Fsp3) is 0.733. The van der Waals surface area contributed by atoms with Gasteiger partial charge in [0.2, 0.25) is 0 Å². The molecule has 1 aromatic rings. The number of thiazole rings is 1. The Morgan fingerprint density at radius 2 is 2.20 bits per heavy atom. The Hall–Kier alpha value is -0.550. The zero-order valence-corrected chi connectivity index (χ0v) is 14.1. The second kappa shape index (κ2) is 5.34. The Morgan fingerprint density at radius 1 is 1.40 bits per heavy atom. The van der Waals surface area contributed by atoms with E-state index in [1.165, 1.54) is 12.2 Å². The third-order valence-corrected chi connectivity index (χ3v) is 6.66. The summed E-state index contributed by atoms with van der Waals surface area (Å²) in [5, 5.41) is 1.77. The van der Waals surface area contributed by atoms with E-state index in [0.29, 0.717) is 17.5 Å². The smallest absolute Gasteiger partial charge is 0.186 e. The highest BCUT2D eigenvalue weighted by molar-refractivity contribution is 8.00. The van der Waals surface area contributed by atoms with Crippen molar-refractivity contribution in [2.24, 2.45) is 5.41 Å². The van der Waals surface area contributed by atoms with Gasteiger partial charge in [-0.05, 0) is 18.3 Å². The lowest BCUT2D eigenvalue weighted by Gasteiger charge is -2.31. The molecule has 1 aliphatic heterocycles. The molecule has 20 heavy (non-hydrogen) atoms. The van der Waals surface area contributed by atoms with Gasteiger partial charge in [-0.1, -0.05) is 32.1 Å². The number of fused-ring (bicyclic) bond motifs is 1. The Labute approximate surface area is 129 Å². The Bertz CT molecular complexity index is 524. The SMILES string of the molecule is CCC1CN(c2nc3c(s2)C(=O)CC(C)(C)C3)CCS1. The third kappa shape index (κ3) is 2.75. The molecule has 0 radical (unpaired) electrons. The number of nitrogens with zero attached hydrogens (tertiary/aromatic N) is 2. The van der Waals surface area contributed by atoms with Gasteiger partial charge in [-0.25, -0.2) is 4.98 Å². The van der Waals surface area contributed by atoms with E-state index < -0.39 is 0 Å². The summed E-state index contributed by atoms with van der Waals surface area (Å²) >= 11 is 3.68. The van der Waals surface area contributed by atoms with Crippen LogP contribution >= 0.6 is 23.1 Å². The average molecular weight is 310 g/mol. The van der Waals surface area contributed by atoms with Crippen LogP contribution in [0.1, 0.15) is 49.0 Å². The number of thioether (sulfide) groups is 1. The molecule has 0 N–H and O–H groups in total. The second-order valence-corrected chi connectivity index (χ2v) is 8.95. The molecule has 0 spiro atoms. The molecule has 1 saturated heterocycles. The van der Waals surface area contributed by atoms with E-state index in [1.807, 2.05) is 0 Å². The van der Waals surface area contributed by atoms with Gasteiger partial charge in [-0.3, -0.25) is 4.79 Å². The number of hydrogen-bond acceptors (Lipinski definition) is 5. The molecule has 0 saturated carbocycles. The Kier molecular flexibility index (Phi) is 3.84. The third-order valence-electron chi connectivity index (χ3n) is 4.09. The lowest BCUT2D eigenvalue weighted by Crippen LogP contribution is -2.37. The highest BCUT2D eigenvalue weighted by atomic mass is 32.2. The van der Waals surface area contributed by atoms with Crippen molar-refractivity contribution in [1.82, 2.24) is 4.98 Å². The molecule has 110 valence electrons. The number of Topliss-reactive ketones (excluding diaryl/α,β-unsaturated/α-hetero) is 1. The summed E-state index contributed by atoms with van der Waals surface area (Å²) in [5.74, 6) is 1.46. The fourth-order valence-electron chi connectivity index (χ4n) is 2.98. The van der Waals surface area contributed by atoms with Crippen LogP contribution in [0, 0.1) is 5.41 Å². The van der Waals surface area contributed by atoms with Crippen molar-refractivity contribution in [2.45, 2.75) is 45.3 Å². The van der Waals surface area contributed by atoms with Gasteiger partial charge in [0.05, 0.1) is 10.6 Å². The van der Waals surface area contributed by atoms with Gasteiger partial charge in [-0.15, -0.1) is 0 Å². The van der Waals surface area contributed by atoms with E-state index in [4.69, 9.17) is 4.98 Å². The molecule has 1 aromatic heterocycles. The lowest BCUT2D eigenvalue weighted by molar-refractivity contribution is 0.0916. The number of rotatable bonds is 2. The molecule has 2 aliphatic rings. The van der Waals surface area contributed by atoms with Crippen LogP contribution in [0.4, 0.5) is 5.13 Å². The largest absolute Gasteiger partial charge is 0.346 e. The molecule has 1 aliphatic carbocycles. The summed E-state index contributed by atoms with van der Waals surface area (Å²) in [6.45, 7) is 8.71. The van der Waals surface area contributed by atoms with Gasteiger partial charge < -0.3 is 4.90 Å². The van der Waals surface area contributed by atoms with Crippen LogP contribution in [0.25, 0.3) is 0 Å². The lowest BCUT2D eigenvalue weighted by atomic mass is 9.78. The summed E-state index contributed by atoms with van der Waals surface area (Å²) in [6.07, 6.45) is 2.80. The van der Waals surface area contributed by atoms with Crippen LogP contribution in [0.15, 0.2) is 0 Å². The van der Waals surface area contributed by atoms with Crippen molar-refractivity contribution in [2.75, 3.05) is 23.7 Å². The van der Waals surface area contributed by atoms with Crippen molar-refractivity contribution >= 4 is 34.0 Å². The van der Waals surface area contributed by atoms with Crippen LogP contribution in [0.2, 0.25) is 0 Å². The average Bonchev–Trinajstić information content (AvgIpc) is 2.81. The summed E-state index contributed by atoms with van der Waals surface area (Å²) in [6, 6.07) is 0. The molecule has 0 aromatic carbocycles. The number of carbonyl (C=O) groups is 1. The molecule has 1 unspecified atom stereocenters. The van der Waals surface area contributed by atoms with Gasteiger partial charge in [0.15, 0.2) is 10.9 Å². The Balaban J connectivity index is 1.85. The number of carbonyl (C=O) groups excluding carboxylic acids is 1. The molecule has 3 nitrogen and oxygen atoms in total. The zero-order valence-electron chi connectivity index (χ0n) is 12.4. The first-order chi connectivity index (χ1) is 9.48. The van der Waals surface area contributed by atoms with E-state index in [2.05, 4.69) is 37.4 Å². The highest BCUT2D eigenvalue weighted by Gasteiger charge is 2.35. The summed E-state index contributed by atoms with van der Waals surface area (Å²) in [4.78, 5) is 20.4. The topological polar surface area (TPSA) is 33.2 Å². The van der Waals surface area contributed by atoms with E-state index in [0.717, 1.165) is 35.2 Å². The van der Waals surface area contributed by atoms with Crippen LogP contribution in [0.3, 0.4) is 0 Å². The monoisotopic (exact) mass is 310 g/mol. The molecule has 0 bridgehead atoms. The first-order valence-corrected chi connectivity index (χ1v) is 9.24. The minimum Gasteiger partial charge on any atom is -0.346 e. The van der Waals surface area contributed by atoms with E-state index >= 15 is 0 Å². The van der Waals surface area contributed by atoms with Gasteiger partial charge in [0.25, 0.3) is 0 Å². The van der Waals surface area contributed by atoms with Crippen molar-refractivity contribution < 1.29 is 4.79 Å². The molecular formula is C15H22N2OS2. The van der Waals surface area contributed by atoms with Crippen LogP contribution in [0.5, 0.6) is 0 Å². The fourth-order valence-corrected chi connectivity index (χ4v) is 5.22. The molecular weight excluding hydrogens is 288 g/mol. The van der Waals surface area contributed by atoms with Crippen molar-refractivity contribution in [1.29, 1.82) is 0 Å². The molecule has 5 heteroatoms. The van der Waals surface area contributed by atoms with E-state index in [1.54, 1.807) is 11.3 Å². The summed E-state index contributed by atoms with van der Waals surface area (Å²) in [5.41, 5.74) is 1.11. The van der Waals surface area contributed by atoms with E-state index in [-0.39, 0.29) is 5.41 Å². The minimum absolute atomic E-state index is 0.0686. The predicted octanol–water partition coefficient (Wildman–Crippen LogP) is 3.63. The predicted molar refractivity (Wildman–Crippen MR) is 87.3 cm³/mol. The van der Waals surface area contributed by atoms with Crippen LogP contribution in [-0.4, -0.2) is 34.9 Å². The molecule has 2 heterocycles.